The number of morpholine rings is 1. The Kier molecular flexibility index (Phi) is 8.00. The van der Waals surface area contributed by atoms with Gasteiger partial charge in [0.15, 0.2) is 0 Å². The van der Waals surface area contributed by atoms with Gasteiger partial charge in [-0.05, 0) is 18.1 Å². The average Bonchev–Trinajstić information content (AvgIpc) is 2.82. The van der Waals surface area contributed by atoms with Crippen LogP contribution in [0.4, 0.5) is 0 Å². The molecular weight excluding hydrogens is 432 g/mol. The first-order chi connectivity index (χ1) is 15.3. The van der Waals surface area contributed by atoms with Crippen LogP contribution in [0.5, 0.6) is 0 Å². The number of hydrogen-bond acceptors (Lipinski definition) is 6. The van der Waals surface area contributed by atoms with Crippen LogP contribution in [-0.4, -0.2) is 57.5 Å². The van der Waals surface area contributed by atoms with Crippen molar-refractivity contribution >= 4 is 21.9 Å². The molecule has 1 aliphatic heterocycles. The number of hydrogen-bond donors (Lipinski definition) is 1. The summed E-state index contributed by atoms with van der Waals surface area (Å²) in [6.07, 6.45) is -1.18. The Balaban J connectivity index is 1.83. The summed E-state index contributed by atoms with van der Waals surface area (Å²) in [4.78, 5) is 27.9. The maximum atomic E-state index is 13.2. The van der Waals surface area contributed by atoms with Gasteiger partial charge >= 0.3 is 5.97 Å². The van der Waals surface area contributed by atoms with Crippen LogP contribution in [0.3, 0.4) is 0 Å². The Morgan fingerprint density at radius 2 is 1.53 bits per heavy atom. The van der Waals surface area contributed by atoms with Gasteiger partial charge in [-0.3, -0.25) is 9.59 Å². The van der Waals surface area contributed by atoms with Crippen LogP contribution >= 0.6 is 0 Å². The van der Waals surface area contributed by atoms with Crippen LogP contribution in [0.2, 0.25) is 0 Å². The molecule has 1 N–H and O–H groups in total. The van der Waals surface area contributed by atoms with Crippen LogP contribution in [0.15, 0.2) is 65.6 Å². The number of rotatable bonds is 8. The molecule has 1 fully saturated rings. The summed E-state index contributed by atoms with van der Waals surface area (Å²) in [6.45, 7) is 5.03. The third kappa shape index (κ3) is 5.93. The van der Waals surface area contributed by atoms with Crippen molar-refractivity contribution in [1.29, 1.82) is 0 Å². The summed E-state index contributed by atoms with van der Waals surface area (Å²) in [6, 6.07) is 15.3. The minimum atomic E-state index is -3.95. The van der Waals surface area contributed by atoms with E-state index in [1.807, 2.05) is 0 Å². The van der Waals surface area contributed by atoms with E-state index in [4.69, 9.17) is 9.47 Å². The molecule has 172 valence electrons. The summed E-state index contributed by atoms with van der Waals surface area (Å²) in [7, 11) is -3.95. The predicted octanol–water partition coefficient (Wildman–Crippen LogP) is 2.13. The zero-order chi connectivity index (χ0) is 23.1. The highest BCUT2D eigenvalue weighted by molar-refractivity contribution is 7.89. The van der Waals surface area contributed by atoms with E-state index < -0.39 is 34.1 Å². The van der Waals surface area contributed by atoms with E-state index in [9.17, 15) is 18.0 Å². The highest BCUT2D eigenvalue weighted by atomic mass is 32.2. The standard InChI is InChI=1S/C23H28N2O6S/c1-17(2)20(24-32(28,29)19-11-7-4-8-12-19)23(27)31-21(18-9-5-3-6-10-18)22(26)25-13-15-30-16-14-25/h3-12,17,20-21,24H,13-16H2,1-2H3. The molecule has 8 nitrogen and oxygen atoms in total. The van der Waals surface area contributed by atoms with Crippen molar-refractivity contribution in [3.63, 3.8) is 0 Å². The largest absolute Gasteiger partial charge is 0.446 e. The monoisotopic (exact) mass is 460 g/mol. The summed E-state index contributed by atoms with van der Waals surface area (Å²) < 4.78 is 39.0. The molecule has 2 aromatic rings. The first kappa shape index (κ1) is 23.9. The zero-order valence-corrected chi connectivity index (χ0v) is 19.0. The third-order valence-electron chi connectivity index (χ3n) is 5.14. The third-order valence-corrected chi connectivity index (χ3v) is 6.60. The van der Waals surface area contributed by atoms with E-state index >= 15 is 0 Å². The van der Waals surface area contributed by atoms with Crippen molar-refractivity contribution in [1.82, 2.24) is 9.62 Å². The predicted molar refractivity (Wildman–Crippen MR) is 118 cm³/mol. The van der Waals surface area contributed by atoms with Gasteiger partial charge in [0.1, 0.15) is 6.04 Å². The summed E-state index contributed by atoms with van der Waals surface area (Å²) in [5.74, 6) is -1.58. The van der Waals surface area contributed by atoms with Gasteiger partial charge in [0.25, 0.3) is 5.91 Å². The minimum Gasteiger partial charge on any atom is -0.446 e. The summed E-state index contributed by atoms with van der Waals surface area (Å²) in [5, 5.41) is 0. The number of sulfonamides is 1. The molecule has 1 saturated heterocycles. The van der Waals surface area contributed by atoms with E-state index in [0.29, 0.717) is 31.9 Å². The summed E-state index contributed by atoms with van der Waals surface area (Å²) >= 11 is 0. The topological polar surface area (TPSA) is 102 Å². The Morgan fingerprint density at radius 1 is 0.969 bits per heavy atom. The van der Waals surface area contributed by atoms with E-state index in [1.165, 1.54) is 12.1 Å². The lowest BCUT2D eigenvalue weighted by Crippen LogP contribution is -2.48. The average molecular weight is 461 g/mol. The minimum absolute atomic E-state index is 0.0439. The first-order valence-electron chi connectivity index (χ1n) is 10.5. The van der Waals surface area contributed by atoms with Crippen molar-refractivity contribution in [2.45, 2.75) is 30.9 Å². The molecule has 0 aliphatic carbocycles. The second-order valence-corrected chi connectivity index (χ2v) is 9.54. The van der Waals surface area contributed by atoms with Crippen LogP contribution in [-0.2, 0) is 29.1 Å². The quantitative estimate of drug-likeness (QED) is 0.606. The van der Waals surface area contributed by atoms with E-state index in [0.717, 1.165) is 0 Å². The van der Waals surface area contributed by atoms with Gasteiger partial charge in [-0.25, -0.2) is 8.42 Å². The van der Waals surface area contributed by atoms with Gasteiger partial charge in [-0.2, -0.15) is 4.72 Å². The van der Waals surface area contributed by atoms with Gasteiger partial charge in [0, 0.05) is 18.7 Å². The van der Waals surface area contributed by atoms with Crippen LogP contribution in [0.1, 0.15) is 25.5 Å². The van der Waals surface area contributed by atoms with E-state index in [2.05, 4.69) is 4.72 Å². The summed E-state index contributed by atoms with van der Waals surface area (Å²) in [5.41, 5.74) is 0.519. The van der Waals surface area contributed by atoms with Gasteiger partial charge in [-0.1, -0.05) is 62.4 Å². The lowest BCUT2D eigenvalue weighted by molar-refractivity contribution is -0.164. The second-order valence-electron chi connectivity index (χ2n) is 7.82. The molecule has 0 aromatic heterocycles. The number of carbonyl (C=O) groups excluding carboxylic acids is 2. The normalized spacial score (nSPS) is 16.4. The molecule has 1 aliphatic rings. The molecule has 3 rings (SSSR count). The number of ether oxygens (including phenoxy) is 2. The smallest absolute Gasteiger partial charge is 0.325 e. The van der Waals surface area contributed by atoms with Crippen LogP contribution < -0.4 is 4.72 Å². The van der Waals surface area contributed by atoms with Crippen molar-refractivity contribution in [2.24, 2.45) is 5.92 Å². The van der Waals surface area contributed by atoms with Gasteiger partial charge in [0.05, 0.1) is 18.1 Å². The molecule has 2 atom stereocenters. The second kappa shape index (κ2) is 10.7. The van der Waals surface area contributed by atoms with Crippen LogP contribution in [0.25, 0.3) is 0 Å². The van der Waals surface area contributed by atoms with E-state index in [1.54, 1.807) is 67.3 Å². The fraction of sp³-hybridized carbons (Fsp3) is 0.391. The van der Waals surface area contributed by atoms with Crippen molar-refractivity contribution < 1.29 is 27.5 Å². The lowest BCUT2D eigenvalue weighted by Gasteiger charge is -2.31. The molecule has 1 amide bonds. The highest BCUT2D eigenvalue weighted by Crippen LogP contribution is 2.23. The molecule has 2 unspecified atom stereocenters. The number of benzene rings is 2. The van der Waals surface area contributed by atoms with Gasteiger partial charge in [0.2, 0.25) is 16.1 Å². The fourth-order valence-electron chi connectivity index (χ4n) is 3.32. The number of nitrogens with zero attached hydrogens (tertiary/aromatic N) is 1. The highest BCUT2D eigenvalue weighted by Gasteiger charge is 2.35. The molecular formula is C23H28N2O6S. The molecule has 1 heterocycles. The van der Waals surface area contributed by atoms with Gasteiger partial charge < -0.3 is 14.4 Å². The molecule has 2 aromatic carbocycles. The SMILES string of the molecule is CC(C)C(NS(=O)(=O)c1ccccc1)C(=O)OC(C(=O)N1CCOCC1)c1ccccc1. The zero-order valence-electron chi connectivity index (χ0n) is 18.1. The lowest BCUT2D eigenvalue weighted by atomic mass is 10.0. The Hall–Kier alpha value is -2.75. The fourth-order valence-corrected chi connectivity index (χ4v) is 4.67. The van der Waals surface area contributed by atoms with Crippen molar-refractivity contribution in [3.8, 4) is 0 Å². The maximum Gasteiger partial charge on any atom is 0.325 e. The van der Waals surface area contributed by atoms with Gasteiger partial charge in [-0.15, -0.1) is 0 Å². The number of nitrogens with one attached hydrogen (secondary N) is 1. The number of amides is 1. The Bertz CT molecular complexity index is 1010. The van der Waals surface area contributed by atoms with Crippen LogP contribution in [0, 0.1) is 5.92 Å². The molecule has 32 heavy (non-hydrogen) atoms. The van der Waals surface area contributed by atoms with Crippen molar-refractivity contribution in [3.05, 3.63) is 66.2 Å². The van der Waals surface area contributed by atoms with E-state index in [-0.39, 0.29) is 10.8 Å². The maximum absolute atomic E-state index is 13.2. The molecule has 0 bridgehead atoms. The molecule has 0 radical (unpaired) electrons. The number of esters is 1. The molecule has 0 spiro atoms. The first-order valence-corrected chi connectivity index (χ1v) is 12.0. The molecule has 9 heteroatoms. The molecule has 0 saturated carbocycles. The Labute approximate surface area is 188 Å². The van der Waals surface area contributed by atoms with Crippen molar-refractivity contribution in [2.75, 3.05) is 26.3 Å². The Morgan fingerprint density at radius 3 is 2.09 bits per heavy atom. The number of carbonyl (C=O) groups is 2.